The largest absolute Gasteiger partial charge is 0.467 e. The summed E-state index contributed by atoms with van der Waals surface area (Å²) in [6.07, 6.45) is 2.74. The highest BCUT2D eigenvalue weighted by Gasteiger charge is 2.43. The van der Waals surface area contributed by atoms with Crippen LogP contribution in [0.2, 0.25) is 0 Å². The lowest BCUT2D eigenvalue weighted by Gasteiger charge is -2.47. The van der Waals surface area contributed by atoms with E-state index in [1.807, 2.05) is 55.1 Å². The van der Waals surface area contributed by atoms with Crippen molar-refractivity contribution in [3.63, 3.8) is 0 Å². The number of nitrogens with zero attached hydrogens (tertiary/aromatic N) is 1. The van der Waals surface area contributed by atoms with Gasteiger partial charge in [-0.3, -0.25) is 24.1 Å². The van der Waals surface area contributed by atoms with Crippen molar-refractivity contribution in [1.82, 2.24) is 26.2 Å². The van der Waals surface area contributed by atoms with Gasteiger partial charge in [-0.05, 0) is 54.1 Å². The minimum atomic E-state index is -1.39. The number of alkyl carbamates (subject to hydrolysis) is 1. The van der Waals surface area contributed by atoms with E-state index in [2.05, 4.69) is 21.3 Å². The van der Waals surface area contributed by atoms with Crippen molar-refractivity contribution in [2.24, 2.45) is 29.4 Å². The SMILES string of the molecule is CC[C@H](C)[C@H](NC(=O)C1CC2CCCCC2CN1C[C@H](O)[C@H](Cc1ccccc1)NC(=O)[C@H](CC(N)=O)NC(=O)OCc1ccccc1)C(=O)N[C@H](C(=O)OC)C(C)C. The van der Waals surface area contributed by atoms with E-state index in [-0.39, 0.29) is 43.2 Å². The Bertz CT molecular complexity index is 1700. The Labute approximate surface area is 347 Å². The molecule has 5 amide bonds. The molecule has 59 heavy (non-hydrogen) atoms. The fraction of sp³-hybridized carbons (Fsp3) is 0.591. The first-order valence-corrected chi connectivity index (χ1v) is 20.9. The van der Waals surface area contributed by atoms with Crippen LogP contribution < -0.4 is 27.0 Å². The molecule has 9 atom stereocenters. The second kappa shape index (κ2) is 22.9. The van der Waals surface area contributed by atoms with Crippen molar-refractivity contribution >= 4 is 35.7 Å². The summed E-state index contributed by atoms with van der Waals surface area (Å²) < 4.78 is 10.2. The molecule has 4 rings (SSSR count). The summed E-state index contributed by atoms with van der Waals surface area (Å²) in [5, 5.41) is 23.2. The molecule has 2 aliphatic rings. The highest BCUT2D eigenvalue weighted by atomic mass is 16.5. The molecule has 15 heteroatoms. The number of hydrogen-bond acceptors (Lipinski definition) is 10. The fourth-order valence-corrected chi connectivity index (χ4v) is 8.11. The van der Waals surface area contributed by atoms with Crippen LogP contribution in [-0.2, 0) is 46.5 Å². The molecule has 1 aliphatic heterocycles. The average Bonchev–Trinajstić information content (AvgIpc) is 3.22. The van der Waals surface area contributed by atoms with Gasteiger partial charge < -0.3 is 41.6 Å². The number of piperidine rings is 1. The second-order valence-electron chi connectivity index (χ2n) is 16.4. The van der Waals surface area contributed by atoms with E-state index in [1.54, 1.807) is 38.1 Å². The summed E-state index contributed by atoms with van der Waals surface area (Å²) in [4.78, 5) is 81.4. The summed E-state index contributed by atoms with van der Waals surface area (Å²) in [5.41, 5.74) is 7.03. The van der Waals surface area contributed by atoms with Crippen LogP contribution in [0.3, 0.4) is 0 Å². The zero-order valence-corrected chi connectivity index (χ0v) is 35.1. The van der Waals surface area contributed by atoms with Crippen molar-refractivity contribution in [3.8, 4) is 0 Å². The predicted octanol–water partition coefficient (Wildman–Crippen LogP) is 2.97. The van der Waals surface area contributed by atoms with Crippen LogP contribution in [0, 0.1) is 23.7 Å². The van der Waals surface area contributed by atoms with Crippen molar-refractivity contribution in [1.29, 1.82) is 0 Å². The first-order chi connectivity index (χ1) is 28.2. The predicted molar refractivity (Wildman–Crippen MR) is 221 cm³/mol. The van der Waals surface area contributed by atoms with Crippen LogP contribution in [0.25, 0.3) is 0 Å². The summed E-state index contributed by atoms with van der Waals surface area (Å²) >= 11 is 0. The molecule has 324 valence electrons. The number of hydrogen-bond donors (Lipinski definition) is 6. The number of methoxy groups -OCH3 is 1. The van der Waals surface area contributed by atoms with Crippen molar-refractivity contribution in [2.75, 3.05) is 20.2 Å². The van der Waals surface area contributed by atoms with Gasteiger partial charge >= 0.3 is 12.1 Å². The van der Waals surface area contributed by atoms with Gasteiger partial charge in [-0.1, -0.05) is 114 Å². The minimum absolute atomic E-state index is 0.00405. The molecule has 2 aromatic rings. The number of ether oxygens (including phenoxy) is 2. The van der Waals surface area contributed by atoms with E-state index >= 15 is 0 Å². The third-order valence-corrected chi connectivity index (χ3v) is 11.8. The fourth-order valence-electron chi connectivity index (χ4n) is 8.11. The van der Waals surface area contributed by atoms with Crippen molar-refractivity contribution in [2.45, 2.75) is 122 Å². The van der Waals surface area contributed by atoms with Crippen molar-refractivity contribution < 1.29 is 43.3 Å². The Morgan fingerprint density at radius 3 is 2.05 bits per heavy atom. The zero-order valence-electron chi connectivity index (χ0n) is 35.1. The minimum Gasteiger partial charge on any atom is -0.467 e. The number of rotatable bonds is 20. The topological polar surface area (TPSA) is 218 Å². The first-order valence-electron chi connectivity index (χ1n) is 20.9. The maximum atomic E-state index is 14.4. The number of aliphatic hydroxyl groups is 1. The van der Waals surface area contributed by atoms with Gasteiger partial charge in [0.15, 0.2) is 0 Å². The lowest BCUT2D eigenvalue weighted by atomic mass is 9.72. The molecule has 1 aliphatic carbocycles. The van der Waals surface area contributed by atoms with E-state index in [1.165, 1.54) is 7.11 Å². The van der Waals surface area contributed by atoms with E-state index < -0.39 is 72.5 Å². The van der Waals surface area contributed by atoms with Crippen LogP contribution in [0.5, 0.6) is 0 Å². The Balaban J connectivity index is 1.56. The number of aliphatic hydroxyl groups excluding tert-OH is 1. The molecule has 2 aromatic carbocycles. The molecule has 15 nitrogen and oxygen atoms in total. The molecule has 7 N–H and O–H groups in total. The second-order valence-corrected chi connectivity index (χ2v) is 16.4. The van der Waals surface area contributed by atoms with E-state index in [9.17, 15) is 33.9 Å². The molecule has 0 radical (unpaired) electrons. The Morgan fingerprint density at radius 2 is 1.46 bits per heavy atom. The number of esters is 1. The lowest BCUT2D eigenvalue weighted by Crippen LogP contribution is -2.62. The molecule has 1 saturated carbocycles. The van der Waals surface area contributed by atoms with Crippen LogP contribution in [0.4, 0.5) is 4.79 Å². The molecule has 0 aromatic heterocycles. The molecular weight excluding hydrogens is 757 g/mol. The number of benzene rings is 2. The number of nitrogens with two attached hydrogens (primary N) is 1. The number of carbonyl (C=O) groups is 6. The summed E-state index contributed by atoms with van der Waals surface area (Å²) in [5.74, 6) is -2.91. The number of nitrogens with one attached hydrogen (secondary N) is 4. The highest BCUT2D eigenvalue weighted by molar-refractivity contribution is 5.92. The Kier molecular flexibility index (Phi) is 18.2. The van der Waals surface area contributed by atoms with Gasteiger partial charge in [0.1, 0.15) is 24.7 Å². The van der Waals surface area contributed by atoms with E-state index in [0.717, 1.165) is 36.8 Å². The van der Waals surface area contributed by atoms with Crippen LogP contribution >= 0.6 is 0 Å². The van der Waals surface area contributed by atoms with Gasteiger partial charge in [-0.25, -0.2) is 9.59 Å². The number of carbonyl (C=O) groups excluding carboxylic acids is 6. The third-order valence-electron chi connectivity index (χ3n) is 11.8. The zero-order chi connectivity index (χ0) is 43.1. The molecule has 1 saturated heterocycles. The van der Waals surface area contributed by atoms with Crippen LogP contribution in [0.15, 0.2) is 60.7 Å². The quantitative estimate of drug-likeness (QED) is 0.107. The van der Waals surface area contributed by atoms with Crippen LogP contribution in [-0.4, -0.2) is 102 Å². The highest BCUT2D eigenvalue weighted by Crippen LogP contribution is 2.39. The Morgan fingerprint density at radius 1 is 0.831 bits per heavy atom. The van der Waals surface area contributed by atoms with Gasteiger partial charge in [0.25, 0.3) is 0 Å². The molecular formula is C44H64N6O9. The summed E-state index contributed by atoms with van der Waals surface area (Å²) in [6.45, 7) is 7.86. The number of likely N-dealkylation sites (tertiary alicyclic amines) is 1. The number of primary amides is 1. The van der Waals surface area contributed by atoms with Gasteiger partial charge in [-0.15, -0.1) is 0 Å². The van der Waals surface area contributed by atoms with E-state index in [0.29, 0.717) is 25.3 Å². The maximum absolute atomic E-state index is 14.4. The van der Waals surface area contributed by atoms with Gasteiger partial charge in [0.05, 0.1) is 31.7 Å². The molecule has 0 spiro atoms. The van der Waals surface area contributed by atoms with Gasteiger partial charge in [0.2, 0.25) is 23.6 Å². The van der Waals surface area contributed by atoms with Gasteiger partial charge in [0, 0.05) is 13.1 Å². The molecule has 3 unspecified atom stereocenters. The Hall–Kier alpha value is -5.02. The van der Waals surface area contributed by atoms with E-state index in [4.69, 9.17) is 15.2 Å². The third kappa shape index (κ3) is 14.1. The maximum Gasteiger partial charge on any atom is 0.408 e. The average molecular weight is 821 g/mol. The van der Waals surface area contributed by atoms with Gasteiger partial charge in [-0.2, -0.15) is 0 Å². The molecule has 2 fully saturated rings. The van der Waals surface area contributed by atoms with Crippen molar-refractivity contribution in [3.05, 3.63) is 71.8 Å². The summed E-state index contributed by atoms with van der Waals surface area (Å²) in [6, 6.07) is 13.4. The smallest absolute Gasteiger partial charge is 0.408 e. The number of amides is 5. The monoisotopic (exact) mass is 820 g/mol. The number of fused-ring (bicyclic) bond motifs is 1. The lowest BCUT2D eigenvalue weighted by molar-refractivity contribution is -0.147. The molecule has 0 bridgehead atoms. The first kappa shape index (κ1) is 46.7. The normalized spacial score (nSPS) is 21.0. The van der Waals surface area contributed by atoms with Crippen LogP contribution in [0.1, 0.15) is 83.8 Å². The number of β-amino-alcohol motifs (C(OH)–C–C–N with tert-alkyl or cyclic N) is 1. The standard InChI is InChI=1S/C44H64N6O9/c1-6-28(4)39(42(55)48-38(27(2)3)43(56)58-5)49-41(54)35-22-31-19-13-14-20-32(31)24-50(35)25-36(51)33(21-29-15-9-7-10-16-29)46-40(53)34(23-37(45)52)47-44(57)59-26-30-17-11-8-12-18-30/h7-12,15-18,27-28,31-36,38-39,51H,6,13-14,19-26H2,1-5H3,(H2,45,52)(H,46,53)(H,47,57)(H,48,55)(H,49,54)/t28-,31?,32?,33-,34-,35?,36-,38-,39-/m0/s1. The molecule has 1 heterocycles. The summed E-state index contributed by atoms with van der Waals surface area (Å²) in [7, 11) is 1.26.